The minimum Gasteiger partial charge on any atom is -0.447 e. The fourth-order valence-corrected chi connectivity index (χ4v) is 4.99. The summed E-state index contributed by atoms with van der Waals surface area (Å²) in [6, 6.07) is 3.17. The number of ether oxygens (including phenoxy) is 1. The summed E-state index contributed by atoms with van der Waals surface area (Å²) in [6.07, 6.45) is 0.401. The first kappa shape index (κ1) is 27.8. The third kappa shape index (κ3) is 6.72. The molecule has 1 fully saturated rings. The van der Waals surface area contributed by atoms with E-state index in [2.05, 4.69) is 9.97 Å². The lowest BCUT2D eigenvalue weighted by Crippen LogP contribution is -2.57. The molecule has 1 aromatic carbocycles. The molecule has 0 saturated carbocycles. The van der Waals surface area contributed by atoms with E-state index in [1.807, 2.05) is 37.5 Å². The molecule has 11 heteroatoms. The van der Waals surface area contributed by atoms with Gasteiger partial charge in [0, 0.05) is 29.7 Å². The average molecular weight is 528 g/mol. The molecule has 36 heavy (non-hydrogen) atoms. The molecule has 1 aliphatic rings. The van der Waals surface area contributed by atoms with Gasteiger partial charge in [-0.3, -0.25) is 0 Å². The van der Waals surface area contributed by atoms with E-state index in [0.717, 1.165) is 12.1 Å². The van der Waals surface area contributed by atoms with Crippen molar-refractivity contribution in [3.8, 4) is 0 Å². The Labute approximate surface area is 214 Å². The van der Waals surface area contributed by atoms with Crippen LogP contribution >= 0.6 is 11.6 Å². The number of carbonyl (C=O) groups excluding carboxylic acids is 1. The van der Waals surface area contributed by atoms with Crippen LogP contribution < -0.4 is 10.6 Å². The minimum atomic E-state index is -4.52. The molecule has 0 radical (unpaired) electrons. The number of nitrogens with zero attached hydrogens (tertiary/aromatic N) is 4. The predicted molar refractivity (Wildman–Crippen MR) is 134 cm³/mol. The number of nitrogens with two attached hydrogens (primary N) is 1. The highest BCUT2D eigenvalue weighted by Crippen LogP contribution is 2.35. The lowest BCUT2D eigenvalue weighted by molar-refractivity contribution is -0.137. The summed E-state index contributed by atoms with van der Waals surface area (Å²) in [5.41, 5.74) is 5.73. The number of hydrogen-bond donors (Lipinski definition) is 1. The molecule has 1 aromatic heterocycles. The number of halogens is 4. The predicted octanol–water partition coefficient (Wildman–Crippen LogP) is 6.30. The highest BCUT2D eigenvalue weighted by atomic mass is 35.5. The quantitative estimate of drug-likeness (QED) is 0.454. The summed E-state index contributed by atoms with van der Waals surface area (Å²) in [6.45, 7) is 7.75. The zero-order valence-electron chi connectivity index (χ0n) is 20.9. The summed E-state index contributed by atoms with van der Waals surface area (Å²) >= 11 is 6.05. The molecule has 2 heterocycles. The molecular formula is C25H33ClF3N5O2. The maximum absolute atomic E-state index is 13.5. The second-order valence-electron chi connectivity index (χ2n) is 9.38. The van der Waals surface area contributed by atoms with E-state index in [1.54, 1.807) is 0 Å². The number of alkyl halides is 3. The first-order chi connectivity index (χ1) is 16.9. The van der Waals surface area contributed by atoms with Crippen molar-refractivity contribution in [2.75, 3.05) is 10.6 Å². The molecule has 0 bridgehead atoms. The van der Waals surface area contributed by atoms with Crippen molar-refractivity contribution in [1.29, 1.82) is 0 Å². The third-order valence-corrected chi connectivity index (χ3v) is 6.58. The van der Waals surface area contributed by atoms with E-state index >= 15 is 0 Å². The summed E-state index contributed by atoms with van der Waals surface area (Å²) in [5.74, 6) is 0.352. The standard InChI is InChI=1S/C25H33ClF3N5O2/c1-5-20-10-22(11-21(6-2)34(20)24(35)36-15(3)4)33(23-31-12-19(30)13-32-23)14-16-7-17(25(27,28)29)9-18(26)8-16/h7-9,12-13,15,20-22H,5-6,10-11,14,30H2,1-4H3/t20-,21+,22+. The molecule has 198 valence electrons. The molecule has 2 aromatic rings. The van der Waals surface area contributed by atoms with Crippen molar-refractivity contribution in [2.24, 2.45) is 0 Å². The van der Waals surface area contributed by atoms with E-state index < -0.39 is 11.7 Å². The van der Waals surface area contributed by atoms with Crippen LogP contribution in [0.2, 0.25) is 5.02 Å². The van der Waals surface area contributed by atoms with Crippen molar-refractivity contribution >= 4 is 29.3 Å². The van der Waals surface area contributed by atoms with E-state index in [1.165, 1.54) is 18.5 Å². The fourth-order valence-electron chi connectivity index (χ4n) is 4.74. The van der Waals surface area contributed by atoms with Crippen molar-refractivity contribution < 1.29 is 22.7 Å². The maximum Gasteiger partial charge on any atom is 0.416 e. The fraction of sp³-hybridized carbons (Fsp3) is 0.560. The monoisotopic (exact) mass is 527 g/mol. The Morgan fingerprint density at radius 2 is 1.75 bits per heavy atom. The molecule has 1 aliphatic heterocycles. The molecule has 3 atom stereocenters. The van der Waals surface area contributed by atoms with Crippen molar-refractivity contribution in [3.63, 3.8) is 0 Å². The summed E-state index contributed by atoms with van der Waals surface area (Å²) in [4.78, 5) is 25.4. The van der Waals surface area contributed by atoms with E-state index in [9.17, 15) is 18.0 Å². The Hall–Kier alpha value is -2.75. The second kappa shape index (κ2) is 11.5. The van der Waals surface area contributed by atoms with Crippen molar-refractivity contribution in [2.45, 2.75) is 90.3 Å². The molecule has 7 nitrogen and oxygen atoms in total. The van der Waals surface area contributed by atoms with Crippen LogP contribution in [0, 0.1) is 0 Å². The zero-order valence-corrected chi connectivity index (χ0v) is 21.7. The second-order valence-corrected chi connectivity index (χ2v) is 9.82. The largest absolute Gasteiger partial charge is 0.447 e. The zero-order chi connectivity index (χ0) is 26.6. The van der Waals surface area contributed by atoms with Gasteiger partial charge in [0.1, 0.15) is 0 Å². The number of piperidine rings is 1. The molecule has 2 N–H and O–H groups in total. The topological polar surface area (TPSA) is 84.6 Å². The normalized spacial score (nSPS) is 20.5. The van der Waals surface area contributed by atoms with Gasteiger partial charge in [0.2, 0.25) is 5.95 Å². The number of hydrogen-bond acceptors (Lipinski definition) is 6. The molecule has 1 saturated heterocycles. The van der Waals surface area contributed by atoms with Crippen LogP contribution in [0.3, 0.4) is 0 Å². The van der Waals surface area contributed by atoms with Crippen LogP contribution in [0.4, 0.5) is 29.6 Å². The number of anilines is 2. The Kier molecular flexibility index (Phi) is 8.92. The van der Waals surface area contributed by atoms with E-state index in [-0.39, 0.29) is 41.9 Å². The highest BCUT2D eigenvalue weighted by molar-refractivity contribution is 6.30. The third-order valence-electron chi connectivity index (χ3n) is 6.36. The van der Waals surface area contributed by atoms with Crippen molar-refractivity contribution in [1.82, 2.24) is 14.9 Å². The van der Waals surface area contributed by atoms with Crippen LogP contribution in [0.5, 0.6) is 0 Å². The van der Waals surface area contributed by atoms with E-state index in [0.29, 0.717) is 42.9 Å². The Bertz CT molecular complexity index is 1020. The number of nitrogen functional groups attached to an aromatic ring is 1. The first-order valence-electron chi connectivity index (χ1n) is 12.1. The molecule has 1 amide bonds. The van der Waals surface area contributed by atoms with Gasteiger partial charge in [-0.25, -0.2) is 14.8 Å². The highest BCUT2D eigenvalue weighted by Gasteiger charge is 2.41. The van der Waals surface area contributed by atoms with Crippen molar-refractivity contribution in [3.05, 3.63) is 46.7 Å². The first-order valence-corrected chi connectivity index (χ1v) is 12.5. The molecule has 0 aliphatic carbocycles. The number of carbonyl (C=O) groups is 1. The summed E-state index contributed by atoms with van der Waals surface area (Å²) in [7, 11) is 0. The van der Waals surface area contributed by atoms with Gasteiger partial charge in [-0.1, -0.05) is 25.4 Å². The minimum absolute atomic E-state index is 0.00196. The number of benzene rings is 1. The molecule has 0 spiro atoms. The average Bonchev–Trinajstić information content (AvgIpc) is 2.81. The van der Waals surface area contributed by atoms with Crippen LogP contribution in [-0.2, 0) is 17.5 Å². The summed E-state index contributed by atoms with van der Waals surface area (Å²) in [5, 5.41) is 0.00196. The van der Waals surface area contributed by atoms with Crippen LogP contribution in [0.15, 0.2) is 30.6 Å². The van der Waals surface area contributed by atoms with Gasteiger partial charge in [-0.15, -0.1) is 0 Å². The van der Waals surface area contributed by atoms with E-state index in [4.69, 9.17) is 22.1 Å². The number of likely N-dealkylation sites (tertiary alicyclic amines) is 1. The molecule has 3 rings (SSSR count). The number of aromatic nitrogens is 2. The molecule has 0 unspecified atom stereocenters. The number of rotatable bonds is 7. The Balaban J connectivity index is 1.98. The van der Waals surface area contributed by atoms with Gasteiger partial charge in [-0.05, 0) is 63.3 Å². The van der Waals surface area contributed by atoms with Crippen LogP contribution in [0.25, 0.3) is 0 Å². The van der Waals surface area contributed by atoms with Gasteiger partial charge in [0.05, 0.1) is 29.7 Å². The van der Waals surface area contributed by atoms with Gasteiger partial charge in [-0.2, -0.15) is 13.2 Å². The van der Waals surface area contributed by atoms with Gasteiger partial charge in [0.15, 0.2) is 0 Å². The van der Waals surface area contributed by atoms with Crippen LogP contribution in [0.1, 0.15) is 64.5 Å². The molecular weight excluding hydrogens is 495 g/mol. The van der Waals surface area contributed by atoms with Gasteiger partial charge in [0.25, 0.3) is 0 Å². The Morgan fingerprint density at radius 1 is 1.17 bits per heavy atom. The lowest BCUT2D eigenvalue weighted by atomic mass is 9.87. The Morgan fingerprint density at radius 3 is 2.25 bits per heavy atom. The smallest absolute Gasteiger partial charge is 0.416 e. The van der Waals surface area contributed by atoms with Gasteiger partial charge >= 0.3 is 12.3 Å². The van der Waals surface area contributed by atoms with Crippen LogP contribution in [-0.4, -0.2) is 45.2 Å². The summed E-state index contributed by atoms with van der Waals surface area (Å²) < 4.78 is 45.9. The lowest BCUT2D eigenvalue weighted by Gasteiger charge is -2.47. The number of amides is 1. The van der Waals surface area contributed by atoms with Gasteiger partial charge < -0.3 is 20.3 Å². The maximum atomic E-state index is 13.5. The SMILES string of the molecule is CC[C@@H]1C[C@H](N(Cc2cc(Cl)cc(C(F)(F)F)c2)c2ncc(N)cn2)C[C@H](CC)N1C(=O)OC(C)C.